The van der Waals surface area contributed by atoms with Crippen molar-refractivity contribution in [2.45, 2.75) is 44.8 Å². The number of piperidine rings is 1. The third-order valence-electron chi connectivity index (χ3n) is 6.97. The SMILES string of the molecule is Cc1cc([C@@H](C)Nc2ccccc2C(=O)O)c2nc(N3CCC4(CCO4)CC3)c(C#N)nc2c1. The topological polar surface area (TPSA) is 111 Å². The minimum atomic E-state index is -0.983. The van der Waals surface area contributed by atoms with Gasteiger partial charge in [-0.1, -0.05) is 18.2 Å². The molecular weight excluding hydrogens is 430 g/mol. The largest absolute Gasteiger partial charge is 0.478 e. The normalized spacial score (nSPS) is 17.7. The summed E-state index contributed by atoms with van der Waals surface area (Å²) in [5.74, 6) is -0.379. The molecule has 1 atom stereocenters. The number of rotatable bonds is 5. The fourth-order valence-electron chi connectivity index (χ4n) is 4.97. The molecular formula is C26H27N5O3. The molecule has 5 rings (SSSR count). The Kier molecular flexibility index (Phi) is 5.58. The molecule has 34 heavy (non-hydrogen) atoms. The summed E-state index contributed by atoms with van der Waals surface area (Å²) >= 11 is 0. The van der Waals surface area contributed by atoms with Gasteiger partial charge in [0.05, 0.1) is 34.8 Å². The average Bonchev–Trinajstić information content (AvgIpc) is 2.82. The van der Waals surface area contributed by atoms with Crippen molar-refractivity contribution in [3.63, 3.8) is 0 Å². The molecule has 0 saturated carbocycles. The second-order valence-electron chi connectivity index (χ2n) is 9.21. The number of benzene rings is 2. The standard InChI is InChI=1S/C26H27N5O3/c1-16-13-19(17(2)28-20-6-4-3-5-18(20)25(32)33)23-21(14-16)29-22(15-27)24(30-23)31-10-7-26(8-11-31)9-12-34-26/h3-6,13-14,17,28H,7-12H2,1-2H3,(H,32,33)/t17-/m1/s1. The van der Waals surface area contributed by atoms with Gasteiger partial charge in [-0.15, -0.1) is 0 Å². The van der Waals surface area contributed by atoms with Crippen molar-refractivity contribution in [2.24, 2.45) is 0 Å². The monoisotopic (exact) mass is 457 g/mol. The molecule has 3 heterocycles. The van der Waals surface area contributed by atoms with Gasteiger partial charge < -0.3 is 20.1 Å². The predicted molar refractivity (Wildman–Crippen MR) is 129 cm³/mol. The van der Waals surface area contributed by atoms with Gasteiger partial charge in [0.25, 0.3) is 0 Å². The van der Waals surface area contributed by atoms with Crippen molar-refractivity contribution < 1.29 is 14.6 Å². The van der Waals surface area contributed by atoms with Crippen LogP contribution in [0.15, 0.2) is 36.4 Å². The maximum Gasteiger partial charge on any atom is 0.337 e. The van der Waals surface area contributed by atoms with Crippen LogP contribution in [0.1, 0.15) is 59.4 Å². The molecule has 8 nitrogen and oxygen atoms in total. The molecule has 2 N–H and O–H groups in total. The van der Waals surface area contributed by atoms with Crippen LogP contribution in [-0.2, 0) is 4.74 Å². The van der Waals surface area contributed by atoms with Crippen LogP contribution in [0.3, 0.4) is 0 Å². The Hall–Kier alpha value is -3.70. The lowest BCUT2D eigenvalue weighted by atomic mass is 9.84. The van der Waals surface area contributed by atoms with Gasteiger partial charge in [-0.2, -0.15) is 5.26 Å². The number of para-hydroxylation sites is 1. The second kappa shape index (κ2) is 8.58. The van der Waals surface area contributed by atoms with E-state index in [1.807, 2.05) is 32.0 Å². The van der Waals surface area contributed by atoms with E-state index in [0.717, 1.165) is 50.1 Å². The van der Waals surface area contributed by atoms with E-state index in [2.05, 4.69) is 21.3 Å². The van der Waals surface area contributed by atoms with Crippen molar-refractivity contribution in [2.75, 3.05) is 29.9 Å². The number of nitriles is 1. The molecule has 2 aliphatic rings. The van der Waals surface area contributed by atoms with E-state index in [4.69, 9.17) is 9.72 Å². The summed E-state index contributed by atoms with van der Waals surface area (Å²) < 4.78 is 5.84. The van der Waals surface area contributed by atoms with Gasteiger partial charge in [-0.05, 0) is 56.9 Å². The minimum Gasteiger partial charge on any atom is -0.478 e. The van der Waals surface area contributed by atoms with Gasteiger partial charge >= 0.3 is 5.97 Å². The molecule has 8 heteroatoms. The minimum absolute atomic E-state index is 0.00578. The summed E-state index contributed by atoms with van der Waals surface area (Å²) in [6, 6.07) is 12.8. The van der Waals surface area contributed by atoms with Gasteiger partial charge in [0.15, 0.2) is 11.5 Å². The zero-order valence-corrected chi connectivity index (χ0v) is 19.3. The Morgan fingerprint density at radius 3 is 2.62 bits per heavy atom. The highest BCUT2D eigenvalue weighted by atomic mass is 16.5. The molecule has 3 aromatic rings. The molecule has 174 valence electrons. The van der Waals surface area contributed by atoms with E-state index in [-0.39, 0.29) is 17.2 Å². The fraction of sp³-hybridized carbons (Fsp3) is 0.385. The Balaban J connectivity index is 1.53. The predicted octanol–water partition coefficient (Wildman–Crippen LogP) is 4.44. The number of carboxylic acid groups (broad SMARTS) is 1. The Morgan fingerprint density at radius 1 is 1.24 bits per heavy atom. The van der Waals surface area contributed by atoms with Crippen LogP contribution in [-0.4, -0.2) is 46.3 Å². The maximum atomic E-state index is 11.7. The third kappa shape index (κ3) is 3.93. The van der Waals surface area contributed by atoms with Crippen LogP contribution in [0, 0.1) is 18.3 Å². The van der Waals surface area contributed by atoms with Crippen LogP contribution in [0.5, 0.6) is 0 Å². The molecule has 0 bridgehead atoms. The zero-order chi connectivity index (χ0) is 23.9. The number of aromatic nitrogens is 2. The molecule has 0 aliphatic carbocycles. The number of carbonyl (C=O) groups is 1. The van der Waals surface area contributed by atoms with Crippen molar-refractivity contribution in [3.8, 4) is 6.07 Å². The van der Waals surface area contributed by atoms with Crippen molar-refractivity contribution in [1.82, 2.24) is 9.97 Å². The van der Waals surface area contributed by atoms with Crippen molar-refractivity contribution in [3.05, 3.63) is 58.8 Å². The van der Waals surface area contributed by atoms with E-state index in [0.29, 0.717) is 28.2 Å². The van der Waals surface area contributed by atoms with Gasteiger partial charge in [0.1, 0.15) is 6.07 Å². The fourth-order valence-corrected chi connectivity index (χ4v) is 4.97. The first-order chi connectivity index (χ1) is 16.4. The number of aromatic carboxylic acids is 1. The van der Waals surface area contributed by atoms with Gasteiger partial charge in [0.2, 0.25) is 0 Å². The summed E-state index contributed by atoms with van der Waals surface area (Å²) in [6.07, 6.45) is 2.93. The van der Waals surface area contributed by atoms with Crippen LogP contribution in [0.2, 0.25) is 0 Å². The Bertz CT molecular complexity index is 1300. The quantitative estimate of drug-likeness (QED) is 0.578. The lowest BCUT2D eigenvalue weighted by Crippen LogP contribution is -2.52. The molecule has 2 aromatic carbocycles. The maximum absolute atomic E-state index is 11.7. The van der Waals surface area contributed by atoms with Gasteiger partial charge in [-0.3, -0.25) is 0 Å². The molecule has 2 saturated heterocycles. The summed E-state index contributed by atoms with van der Waals surface area (Å²) in [5.41, 5.74) is 4.36. The lowest BCUT2D eigenvalue weighted by Gasteiger charge is -2.47. The Labute approximate surface area is 198 Å². The molecule has 0 radical (unpaired) electrons. The first-order valence-corrected chi connectivity index (χ1v) is 11.6. The smallest absolute Gasteiger partial charge is 0.337 e. The lowest BCUT2D eigenvalue weighted by molar-refractivity contribution is -0.158. The summed E-state index contributed by atoms with van der Waals surface area (Å²) in [7, 11) is 0. The molecule has 2 aliphatic heterocycles. The highest BCUT2D eigenvalue weighted by molar-refractivity contribution is 5.94. The van der Waals surface area contributed by atoms with E-state index in [9.17, 15) is 15.2 Å². The number of anilines is 2. The van der Waals surface area contributed by atoms with Crippen LogP contribution in [0.4, 0.5) is 11.5 Å². The van der Waals surface area contributed by atoms with Crippen molar-refractivity contribution >= 4 is 28.5 Å². The molecule has 0 amide bonds. The third-order valence-corrected chi connectivity index (χ3v) is 6.97. The number of hydrogen-bond acceptors (Lipinski definition) is 7. The molecule has 2 fully saturated rings. The van der Waals surface area contributed by atoms with Crippen molar-refractivity contribution in [1.29, 1.82) is 5.26 Å². The zero-order valence-electron chi connectivity index (χ0n) is 19.3. The molecule has 1 spiro atoms. The van der Waals surface area contributed by atoms with Crippen LogP contribution < -0.4 is 10.2 Å². The summed E-state index contributed by atoms with van der Waals surface area (Å²) in [6.45, 7) is 6.33. The number of nitrogens with one attached hydrogen (secondary N) is 1. The number of nitrogens with zero attached hydrogens (tertiary/aromatic N) is 4. The number of carboxylic acids is 1. The van der Waals surface area contributed by atoms with E-state index in [1.165, 1.54) is 0 Å². The number of ether oxygens (including phenoxy) is 1. The van der Waals surface area contributed by atoms with Crippen LogP contribution >= 0.6 is 0 Å². The van der Waals surface area contributed by atoms with Crippen LogP contribution in [0.25, 0.3) is 11.0 Å². The van der Waals surface area contributed by atoms with E-state index >= 15 is 0 Å². The first-order valence-electron chi connectivity index (χ1n) is 11.6. The Morgan fingerprint density at radius 2 is 1.97 bits per heavy atom. The summed E-state index contributed by atoms with van der Waals surface area (Å²) in [5, 5.41) is 22.7. The second-order valence-corrected chi connectivity index (χ2v) is 9.21. The van der Waals surface area contributed by atoms with E-state index < -0.39 is 5.97 Å². The van der Waals surface area contributed by atoms with Gasteiger partial charge in [-0.25, -0.2) is 14.8 Å². The number of fused-ring (bicyclic) bond motifs is 1. The number of hydrogen-bond donors (Lipinski definition) is 2. The number of aryl methyl sites for hydroxylation is 1. The summed E-state index contributed by atoms with van der Waals surface area (Å²) in [4.78, 5) is 23.4. The highest BCUT2D eigenvalue weighted by Gasteiger charge is 2.41. The average molecular weight is 458 g/mol. The molecule has 0 unspecified atom stereocenters. The highest BCUT2D eigenvalue weighted by Crippen LogP contribution is 2.38. The van der Waals surface area contributed by atoms with E-state index in [1.54, 1.807) is 18.2 Å². The first kappa shape index (κ1) is 22.1. The van der Waals surface area contributed by atoms with Gasteiger partial charge in [0, 0.05) is 24.3 Å². The molecule has 1 aromatic heterocycles.